The first-order valence-electron chi connectivity index (χ1n) is 11.2. The van der Waals surface area contributed by atoms with Gasteiger partial charge in [0.25, 0.3) is 0 Å². The van der Waals surface area contributed by atoms with Gasteiger partial charge in [-0.3, -0.25) is 4.79 Å². The SMILES string of the molecule is CC(CC(F)(F)S(=O)(=O)c1ccccc1)C(=O)OCCC(F)(F)C(F)(F)C(F)(F)C(F)(F)C(F)(F)C(F)(F)C(F)(F)C(F)(F)F. The standard InChI is InChI=1S/C21H15F19O4S/c1-10(9-14(24,25)45(42,43)11-5-3-2-4-6-11)12(41)44-8-7-13(22,23)15(26,27)16(28,29)17(30,31)18(32,33)19(34,35)20(36,37)21(38,39)40/h2-6,10H,7-9H2,1H3. The molecule has 0 aromatic heterocycles. The number of sulfone groups is 1. The van der Waals surface area contributed by atoms with E-state index >= 15 is 0 Å². The summed E-state index contributed by atoms with van der Waals surface area (Å²) < 4.78 is 282. The van der Waals surface area contributed by atoms with Gasteiger partial charge in [0.05, 0.1) is 23.8 Å². The average Bonchev–Trinajstić information content (AvgIpc) is 2.87. The molecule has 0 radical (unpaired) electrons. The van der Waals surface area contributed by atoms with E-state index in [0.717, 1.165) is 12.1 Å². The Labute approximate surface area is 238 Å². The number of rotatable bonds is 14. The molecule has 1 aromatic rings. The van der Waals surface area contributed by atoms with Crippen molar-refractivity contribution in [3.8, 4) is 0 Å². The maximum absolute atomic E-state index is 14.3. The van der Waals surface area contributed by atoms with E-state index in [1.54, 1.807) is 0 Å². The van der Waals surface area contributed by atoms with Gasteiger partial charge in [-0.25, -0.2) is 8.42 Å². The number of carbonyl (C=O) groups excluding carboxylic acids is 1. The van der Waals surface area contributed by atoms with Gasteiger partial charge in [0.1, 0.15) is 0 Å². The van der Waals surface area contributed by atoms with Gasteiger partial charge >= 0.3 is 58.9 Å². The van der Waals surface area contributed by atoms with Crippen LogP contribution in [0.2, 0.25) is 0 Å². The molecule has 0 heterocycles. The fourth-order valence-corrected chi connectivity index (χ4v) is 4.43. The summed E-state index contributed by atoms with van der Waals surface area (Å²) in [5, 5.41) is -4.81. The highest BCUT2D eigenvalue weighted by molar-refractivity contribution is 7.92. The Morgan fingerprint density at radius 3 is 1.42 bits per heavy atom. The van der Waals surface area contributed by atoms with Crippen LogP contribution < -0.4 is 0 Å². The van der Waals surface area contributed by atoms with Crippen LogP contribution in [0.5, 0.6) is 0 Å². The third-order valence-electron chi connectivity index (χ3n) is 5.84. The van der Waals surface area contributed by atoms with Crippen LogP contribution in [0.4, 0.5) is 83.4 Å². The van der Waals surface area contributed by atoms with Crippen molar-refractivity contribution in [2.75, 3.05) is 6.61 Å². The lowest BCUT2D eigenvalue weighted by Gasteiger charge is -2.42. The molecule has 0 saturated heterocycles. The predicted octanol–water partition coefficient (Wildman–Crippen LogP) is 8.02. The number of carbonyl (C=O) groups is 1. The minimum atomic E-state index is -8.81. The second-order valence-corrected chi connectivity index (χ2v) is 11.2. The van der Waals surface area contributed by atoms with E-state index in [1.165, 1.54) is 6.07 Å². The van der Waals surface area contributed by atoms with Gasteiger partial charge in [-0.15, -0.1) is 0 Å². The number of alkyl halides is 19. The number of hydrogen-bond donors (Lipinski definition) is 0. The normalized spacial score (nSPS) is 16.0. The van der Waals surface area contributed by atoms with Crippen LogP contribution in [-0.2, 0) is 19.4 Å². The first-order chi connectivity index (χ1) is 19.6. The largest absolute Gasteiger partial charge is 0.465 e. The summed E-state index contributed by atoms with van der Waals surface area (Å²) in [4.78, 5) is 10.8. The molecule has 0 saturated carbocycles. The van der Waals surface area contributed by atoms with Crippen LogP contribution in [0.25, 0.3) is 0 Å². The molecule has 262 valence electrons. The van der Waals surface area contributed by atoms with Crippen LogP contribution in [0.1, 0.15) is 19.8 Å². The maximum atomic E-state index is 14.3. The molecule has 0 amide bonds. The molecule has 24 heteroatoms. The Morgan fingerprint density at radius 2 is 1.02 bits per heavy atom. The van der Waals surface area contributed by atoms with E-state index in [1.807, 2.05) is 0 Å². The van der Waals surface area contributed by atoms with Crippen LogP contribution in [0.15, 0.2) is 35.2 Å². The third-order valence-corrected chi connectivity index (χ3v) is 7.69. The van der Waals surface area contributed by atoms with E-state index in [0.29, 0.717) is 19.1 Å². The first-order valence-corrected chi connectivity index (χ1v) is 12.7. The lowest BCUT2D eigenvalue weighted by atomic mass is 9.88. The molecule has 0 N–H and O–H groups in total. The molecule has 0 aliphatic carbocycles. The predicted molar refractivity (Wildman–Crippen MR) is 109 cm³/mol. The van der Waals surface area contributed by atoms with Gasteiger partial charge in [-0.05, 0) is 12.1 Å². The van der Waals surface area contributed by atoms with Crippen molar-refractivity contribution in [3.05, 3.63) is 30.3 Å². The first kappa shape index (κ1) is 40.3. The van der Waals surface area contributed by atoms with E-state index in [4.69, 9.17) is 0 Å². The Bertz CT molecular complexity index is 1310. The van der Waals surface area contributed by atoms with Crippen molar-refractivity contribution in [1.82, 2.24) is 0 Å². The van der Waals surface area contributed by atoms with Crippen LogP contribution >= 0.6 is 0 Å². The van der Waals surface area contributed by atoms with Crippen LogP contribution in [0, 0.1) is 5.92 Å². The zero-order chi connectivity index (χ0) is 36.1. The minimum Gasteiger partial charge on any atom is -0.465 e. The van der Waals surface area contributed by atoms with E-state index in [2.05, 4.69) is 4.74 Å². The Balaban J connectivity index is 3.18. The molecular weight excluding hydrogens is 709 g/mol. The lowest BCUT2D eigenvalue weighted by Crippen LogP contribution is -2.74. The van der Waals surface area contributed by atoms with Crippen molar-refractivity contribution < 1.29 is 101 Å². The molecule has 45 heavy (non-hydrogen) atoms. The maximum Gasteiger partial charge on any atom is 0.460 e. The Morgan fingerprint density at radius 1 is 0.644 bits per heavy atom. The van der Waals surface area contributed by atoms with Gasteiger partial charge in [0, 0.05) is 6.42 Å². The molecule has 0 aliphatic rings. The number of halogens is 19. The van der Waals surface area contributed by atoms with Gasteiger partial charge in [-0.2, -0.15) is 83.4 Å². The quantitative estimate of drug-likeness (QED) is 0.144. The highest BCUT2D eigenvalue weighted by Gasteiger charge is 2.95. The summed E-state index contributed by atoms with van der Waals surface area (Å²) in [5.41, 5.74) is 0. The number of esters is 1. The highest BCUT2D eigenvalue weighted by atomic mass is 32.2. The lowest BCUT2D eigenvalue weighted by molar-refractivity contribution is -0.461. The smallest absolute Gasteiger partial charge is 0.460 e. The summed E-state index contributed by atoms with van der Waals surface area (Å²) in [6.07, 6.45) is -13.0. The summed E-state index contributed by atoms with van der Waals surface area (Å²) in [6, 6.07) is 4.58. The minimum absolute atomic E-state index is 0.442. The third kappa shape index (κ3) is 6.47. The van der Waals surface area contributed by atoms with Crippen molar-refractivity contribution >= 4 is 15.8 Å². The van der Waals surface area contributed by atoms with Crippen molar-refractivity contribution in [2.24, 2.45) is 5.92 Å². The summed E-state index contributed by atoms with van der Waals surface area (Å²) in [5.74, 6) is -62.5. The highest BCUT2D eigenvalue weighted by Crippen LogP contribution is 2.64. The van der Waals surface area contributed by atoms with Crippen LogP contribution in [-0.4, -0.2) is 73.9 Å². The Kier molecular flexibility index (Phi) is 10.6. The van der Waals surface area contributed by atoms with E-state index in [9.17, 15) is 96.6 Å². The molecule has 0 spiro atoms. The number of benzene rings is 1. The van der Waals surface area contributed by atoms with Crippen molar-refractivity contribution in [3.63, 3.8) is 0 Å². The van der Waals surface area contributed by atoms with Crippen molar-refractivity contribution in [2.45, 2.75) is 77.5 Å². The monoisotopic (exact) mass is 724 g/mol. The van der Waals surface area contributed by atoms with Gasteiger partial charge < -0.3 is 4.74 Å². The fraction of sp³-hybridized carbons (Fsp3) is 0.667. The molecule has 0 fully saturated rings. The van der Waals surface area contributed by atoms with Gasteiger partial charge in [0.2, 0.25) is 9.84 Å². The summed E-state index contributed by atoms with van der Waals surface area (Å²) in [7, 11) is -5.54. The summed E-state index contributed by atoms with van der Waals surface area (Å²) in [6.45, 7) is -1.92. The molecule has 0 aliphatic heterocycles. The second kappa shape index (κ2) is 11.8. The van der Waals surface area contributed by atoms with E-state index in [-0.39, 0.29) is 0 Å². The molecule has 1 aromatic carbocycles. The van der Waals surface area contributed by atoms with Crippen LogP contribution in [0.3, 0.4) is 0 Å². The fourth-order valence-electron chi connectivity index (χ4n) is 3.10. The molecular formula is C21H15F19O4S. The molecule has 0 bridgehead atoms. The summed E-state index contributed by atoms with van der Waals surface area (Å²) >= 11 is 0. The molecule has 4 nitrogen and oxygen atoms in total. The van der Waals surface area contributed by atoms with Crippen molar-refractivity contribution in [1.29, 1.82) is 0 Å². The van der Waals surface area contributed by atoms with Gasteiger partial charge in [0.15, 0.2) is 0 Å². The topological polar surface area (TPSA) is 60.4 Å². The number of ether oxygens (including phenoxy) is 1. The second-order valence-electron chi connectivity index (χ2n) is 9.13. The zero-order valence-electron chi connectivity index (χ0n) is 21.3. The van der Waals surface area contributed by atoms with E-state index < -0.39 is 99.0 Å². The Hall–Kier alpha value is -2.69. The zero-order valence-corrected chi connectivity index (χ0v) is 22.1. The molecule has 1 unspecified atom stereocenters. The van der Waals surface area contributed by atoms with Gasteiger partial charge in [-0.1, -0.05) is 25.1 Å². The average molecular weight is 724 g/mol. The molecule has 1 atom stereocenters. The molecule has 1 rings (SSSR count). The number of hydrogen-bond acceptors (Lipinski definition) is 4.